The first-order valence-electron chi connectivity index (χ1n) is 11.1. The molecule has 0 radical (unpaired) electrons. The zero-order valence-corrected chi connectivity index (χ0v) is 19.0. The average Bonchev–Trinajstić information content (AvgIpc) is 2.84. The van der Waals surface area contributed by atoms with E-state index < -0.39 is 0 Å². The van der Waals surface area contributed by atoms with Crippen LogP contribution in [-0.4, -0.2) is 41.3 Å². The van der Waals surface area contributed by atoms with Gasteiger partial charge in [0.05, 0.1) is 31.2 Å². The Morgan fingerprint density at radius 3 is 2.85 bits per heavy atom. The van der Waals surface area contributed by atoms with Crippen LogP contribution >= 0.6 is 0 Å². The van der Waals surface area contributed by atoms with Crippen molar-refractivity contribution in [3.63, 3.8) is 0 Å². The van der Waals surface area contributed by atoms with Crippen LogP contribution in [0.2, 0.25) is 0 Å². The molecule has 0 atom stereocenters. The van der Waals surface area contributed by atoms with Gasteiger partial charge in [-0.25, -0.2) is 10.4 Å². The quantitative estimate of drug-likeness (QED) is 0.385. The predicted octanol–water partition coefficient (Wildman–Crippen LogP) is 3.57. The monoisotopic (exact) mass is 447 g/mol. The van der Waals surface area contributed by atoms with Crippen molar-refractivity contribution in [1.29, 1.82) is 0 Å². The summed E-state index contributed by atoms with van der Waals surface area (Å²) < 4.78 is 11.1. The largest absolute Gasteiger partial charge is 0.493 e. The van der Waals surface area contributed by atoms with Gasteiger partial charge >= 0.3 is 0 Å². The van der Waals surface area contributed by atoms with E-state index >= 15 is 0 Å². The number of rotatable bonds is 9. The molecule has 1 aromatic heterocycles. The highest BCUT2D eigenvalue weighted by molar-refractivity contribution is 5.81. The van der Waals surface area contributed by atoms with Crippen LogP contribution in [0.25, 0.3) is 0 Å². The number of benzene rings is 2. The number of nitrogens with one attached hydrogen (secondary N) is 2. The topological polar surface area (TPSA) is 91.8 Å². The minimum absolute atomic E-state index is 0.129. The number of anilines is 1. The predicted molar refractivity (Wildman–Crippen MR) is 129 cm³/mol. The Hall–Kier alpha value is -3.65. The van der Waals surface area contributed by atoms with Crippen LogP contribution in [0.5, 0.6) is 11.5 Å². The number of hydrogen-bond acceptors (Lipinski definition) is 7. The van der Waals surface area contributed by atoms with Gasteiger partial charge in [0, 0.05) is 26.1 Å². The van der Waals surface area contributed by atoms with Crippen LogP contribution in [0.3, 0.4) is 0 Å². The van der Waals surface area contributed by atoms with Crippen molar-refractivity contribution in [1.82, 2.24) is 14.9 Å². The van der Waals surface area contributed by atoms with Gasteiger partial charge in [-0.15, -0.1) is 0 Å². The zero-order valence-electron chi connectivity index (χ0n) is 19.0. The summed E-state index contributed by atoms with van der Waals surface area (Å²) in [7, 11) is 1.61. The van der Waals surface area contributed by atoms with Crippen molar-refractivity contribution in [2.24, 2.45) is 5.10 Å². The maximum Gasteiger partial charge on any atom is 0.257 e. The Kier molecular flexibility index (Phi) is 7.36. The highest BCUT2D eigenvalue weighted by Gasteiger charge is 2.21. The van der Waals surface area contributed by atoms with E-state index in [1.54, 1.807) is 13.3 Å². The summed E-state index contributed by atoms with van der Waals surface area (Å²) in [5, 5.41) is 4.24. The normalized spacial score (nSPS) is 13.6. The number of ether oxygens (including phenoxy) is 2. The number of hydrogen-bond donors (Lipinski definition) is 2. The molecule has 0 spiro atoms. The Labute approximate surface area is 193 Å². The third kappa shape index (κ3) is 5.78. The van der Waals surface area contributed by atoms with E-state index in [0.29, 0.717) is 30.6 Å². The van der Waals surface area contributed by atoms with E-state index in [2.05, 4.69) is 44.5 Å². The number of aromatic nitrogens is 2. The van der Waals surface area contributed by atoms with Crippen molar-refractivity contribution in [3.05, 3.63) is 81.3 Å². The molecule has 8 heteroatoms. The average molecular weight is 448 g/mol. The van der Waals surface area contributed by atoms with E-state index in [1.165, 1.54) is 5.56 Å². The van der Waals surface area contributed by atoms with Gasteiger partial charge in [-0.2, -0.15) is 5.10 Å². The smallest absolute Gasteiger partial charge is 0.257 e. The van der Waals surface area contributed by atoms with Gasteiger partial charge in [0.15, 0.2) is 11.5 Å². The van der Waals surface area contributed by atoms with Crippen LogP contribution < -0.4 is 20.5 Å². The molecule has 0 amide bonds. The standard InChI is InChI=1S/C25H29N5O3/c1-3-13-33-23-14-19(9-10-22(23)32-2)15-26-29-25-27-21-11-12-30(17-20(21)24(31)28-25)16-18-7-5-4-6-8-18/h4-10,14-15H,3,11-13,16-17H2,1-2H3,(H2,27,28,29,31)/b26-15-. The Bertz CT molecular complexity index is 1160. The number of fused-ring (bicyclic) bond motifs is 1. The summed E-state index contributed by atoms with van der Waals surface area (Å²) in [5.41, 5.74) is 6.33. The fourth-order valence-electron chi connectivity index (χ4n) is 3.78. The molecule has 1 aliphatic heterocycles. The Morgan fingerprint density at radius 2 is 2.06 bits per heavy atom. The maximum atomic E-state index is 12.7. The van der Waals surface area contributed by atoms with Crippen molar-refractivity contribution in [2.75, 3.05) is 25.7 Å². The van der Waals surface area contributed by atoms with E-state index in [1.807, 2.05) is 36.4 Å². The molecule has 0 saturated carbocycles. The minimum Gasteiger partial charge on any atom is -0.493 e. The fraction of sp³-hybridized carbons (Fsp3) is 0.320. The molecule has 2 heterocycles. The maximum absolute atomic E-state index is 12.7. The SMILES string of the molecule is CCCOc1cc(/C=N\Nc2nc3c(c(=O)[nH]2)CN(Cc2ccccc2)CC3)ccc1OC. The zero-order chi connectivity index (χ0) is 23.0. The van der Waals surface area contributed by atoms with Crippen molar-refractivity contribution in [3.8, 4) is 11.5 Å². The third-order valence-electron chi connectivity index (χ3n) is 5.43. The molecule has 0 fully saturated rings. The van der Waals surface area contributed by atoms with E-state index in [-0.39, 0.29) is 5.56 Å². The Balaban J connectivity index is 1.42. The molecule has 3 aromatic rings. The van der Waals surface area contributed by atoms with Gasteiger partial charge in [0.2, 0.25) is 5.95 Å². The molecule has 8 nitrogen and oxygen atoms in total. The van der Waals surface area contributed by atoms with E-state index in [9.17, 15) is 4.79 Å². The number of H-pyrrole nitrogens is 1. The van der Waals surface area contributed by atoms with Crippen molar-refractivity contribution in [2.45, 2.75) is 32.9 Å². The molecule has 0 aliphatic carbocycles. The highest BCUT2D eigenvalue weighted by atomic mass is 16.5. The van der Waals surface area contributed by atoms with Gasteiger partial charge in [-0.1, -0.05) is 37.3 Å². The number of aromatic amines is 1. The Morgan fingerprint density at radius 1 is 1.21 bits per heavy atom. The van der Waals surface area contributed by atoms with Gasteiger partial charge in [-0.3, -0.25) is 14.7 Å². The summed E-state index contributed by atoms with van der Waals surface area (Å²) in [6, 6.07) is 15.9. The lowest BCUT2D eigenvalue weighted by Gasteiger charge is -2.27. The molecule has 0 bridgehead atoms. The fourth-order valence-corrected chi connectivity index (χ4v) is 3.78. The van der Waals surface area contributed by atoms with Gasteiger partial charge in [0.25, 0.3) is 5.56 Å². The molecule has 0 saturated heterocycles. The highest BCUT2D eigenvalue weighted by Crippen LogP contribution is 2.27. The number of methoxy groups -OCH3 is 1. The molecule has 0 unspecified atom stereocenters. The summed E-state index contributed by atoms with van der Waals surface area (Å²) >= 11 is 0. The summed E-state index contributed by atoms with van der Waals surface area (Å²) in [6.45, 7) is 4.92. The minimum atomic E-state index is -0.129. The lowest BCUT2D eigenvalue weighted by atomic mass is 10.1. The molecule has 4 rings (SSSR count). The van der Waals surface area contributed by atoms with Crippen LogP contribution in [0, 0.1) is 0 Å². The second-order valence-electron chi connectivity index (χ2n) is 7.91. The summed E-state index contributed by atoms with van der Waals surface area (Å²) in [6.07, 6.45) is 3.28. The molecule has 172 valence electrons. The molecule has 2 aromatic carbocycles. The molecular weight excluding hydrogens is 418 g/mol. The molecular formula is C25H29N5O3. The number of hydrazone groups is 1. The third-order valence-corrected chi connectivity index (χ3v) is 5.43. The molecule has 1 aliphatic rings. The van der Waals surface area contributed by atoms with Crippen LogP contribution in [0.15, 0.2) is 58.4 Å². The van der Waals surface area contributed by atoms with Crippen LogP contribution in [0.4, 0.5) is 5.95 Å². The van der Waals surface area contributed by atoms with Crippen molar-refractivity contribution >= 4 is 12.2 Å². The lowest BCUT2D eigenvalue weighted by Crippen LogP contribution is -2.35. The first-order chi connectivity index (χ1) is 16.2. The molecule has 33 heavy (non-hydrogen) atoms. The van der Waals surface area contributed by atoms with E-state index in [4.69, 9.17) is 9.47 Å². The second kappa shape index (κ2) is 10.8. The van der Waals surface area contributed by atoms with Gasteiger partial charge in [0.1, 0.15) is 0 Å². The first-order valence-corrected chi connectivity index (χ1v) is 11.1. The van der Waals surface area contributed by atoms with Gasteiger partial charge < -0.3 is 9.47 Å². The second-order valence-corrected chi connectivity index (χ2v) is 7.91. The summed E-state index contributed by atoms with van der Waals surface area (Å²) in [5.74, 6) is 1.68. The molecule has 2 N–H and O–H groups in total. The lowest BCUT2D eigenvalue weighted by molar-refractivity contribution is 0.242. The van der Waals surface area contributed by atoms with E-state index in [0.717, 1.165) is 42.8 Å². The summed E-state index contributed by atoms with van der Waals surface area (Å²) in [4.78, 5) is 22.3. The van der Waals surface area contributed by atoms with Crippen LogP contribution in [-0.2, 0) is 19.5 Å². The van der Waals surface area contributed by atoms with Crippen LogP contribution in [0.1, 0.15) is 35.7 Å². The van der Waals surface area contributed by atoms with Crippen molar-refractivity contribution < 1.29 is 9.47 Å². The van der Waals surface area contributed by atoms with Gasteiger partial charge in [-0.05, 0) is 35.7 Å². The first kappa shape index (κ1) is 22.5. The number of nitrogens with zero attached hydrogens (tertiary/aromatic N) is 3.